The van der Waals surface area contributed by atoms with Crippen molar-refractivity contribution in [1.29, 1.82) is 0 Å². The van der Waals surface area contributed by atoms with Crippen LogP contribution in [0.1, 0.15) is 28.8 Å². The van der Waals surface area contributed by atoms with E-state index in [1.54, 1.807) is 29.8 Å². The van der Waals surface area contributed by atoms with Crippen LogP contribution in [0.15, 0.2) is 35.3 Å². The molecule has 0 aromatic carbocycles. The molecule has 0 atom stereocenters. The highest BCUT2D eigenvalue weighted by molar-refractivity contribution is 7.07. The first-order chi connectivity index (χ1) is 9.25. The predicted octanol–water partition coefficient (Wildman–Crippen LogP) is 3.60. The molecule has 5 heteroatoms. The maximum Gasteiger partial charge on any atom is 0.257 e. The fraction of sp³-hybridized carbons (Fsp3) is 0.286. The van der Waals surface area contributed by atoms with Crippen molar-refractivity contribution in [3.8, 4) is 0 Å². The summed E-state index contributed by atoms with van der Waals surface area (Å²) in [6, 6.07) is 4.06. The van der Waals surface area contributed by atoms with Gasteiger partial charge in [0.15, 0.2) is 0 Å². The van der Waals surface area contributed by atoms with E-state index < -0.39 is 0 Å². The molecule has 1 amide bonds. The van der Waals surface area contributed by atoms with Gasteiger partial charge in [-0.1, -0.05) is 11.6 Å². The fourth-order valence-electron chi connectivity index (χ4n) is 2.02. The average Bonchev–Trinajstić information content (AvgIpc) is 3.13. The number of carbonyl (C=O) groups excluding carboxylic acids is 1. The Labute approximate surface area is 120 Å². The van der Waals surface area contributed by atoms with E-state index in [1.165, 1.54) is 5.56 Å². The van der Waals surface area contributed by atoms with Crippen LogP contribution in [0.4, 0.5) is 0 Å². The van der Waals surface area contributed by atoms with Gasteiger partial charge in [-0.05, 0) is 41.3 Å². The van der Waals surface area contributed by atoms with Gasteiger partial charge in [0.05, 0.1) is 10.6 Å². The van der Waals surface area contributed by atoms with Crippen LogP contribution in [0, 0.1) is 0 Å². The predicted molar refractivity (Wildman–Crippen MR) is 76.5 cm³/mol. The zero-order chi connectivity index (χ0) is 13.2. The number of halogens is 1. The third-order valence-electron chi connectivity index (χ3n) is 3.18. The molecule has 98 valence electrons. The van der Waals surface area contributed by atoms with Crippen LogP contribution >= 0.6 is 22.9 Å². The molecule has 0 N–H and O–H groups in total. The lowest BCUT2D eigenvalue weighted by atomic mass is 10.2. The Morgan fingerprint density at radius 3 is 2.95 bits per heavy atom. The van der Waals surface area contributed by atoms with E-state index >= 15 is 0 Å². The lowest BCUT2D eigenvalue weighted by Gasteiger charge is -2.22. The van der Waals surface area contributed by atoms with Crippen LogP contribution in [-0.2, 0) is 6.54 Å². The van der Waals surface area contributed by atoms with Crippen molar-refractivity contribution in [1.82, 2.24) is 9.88 Å². The van der Waals surface area contributed by atoms with Crippen molar-refractivity contribution in [3.63, 3.8) is 0 Å². The van der Waals surface area contributed by atoms with E-state index in [4.69, 9.17) is 11.6 Å². The molecule has 2 heterocycles. The number of hydrogen-bond donors (Lipinski definition) is 0. The molecule has 2 aromatic rings. The van der Waals surface area contributed by atoms with E-state index in [2.05, 4.69) is 16.4 Å². The summed E-state index contributed by atoms with van der Waals surface area (Å²) >= 11 is 7.73. The largest absolute Gasteiger partial charge is 0.331 e. The molecule has 0 bridgehead atoms. The molecule has 1 fully saturated rings. The Balaban J connectivity index is 1.84. The first-order valence-electron chi connectivity index (χ1n) is 6.17. The third kappa shape index (κ3) is 2.80. The van der Waals surface area contributed by atoms with Crippen LogP contribution in [0.25, 0.3) is 0 Å². The highest BCUT2D eigenvalue weighted by atomic mass is 35.5. The van der Waals surface area contributed by atoms with Gasteiger partial charge < -0.3 is 4.90 Å². The maximum atomic E-state index is 12.6. The minimum Gasteiger partial charge on any atom is -0.331 e. The minimum atomic E-state index is -0.0215. The zero-order valence-corrected chi connectivity index (χ0v) is 11.8. The Hall–Kier alpha value is -1.39. The number of thiophene rings is 1. The summed E-state index contributed by atoms with van der Waals surface area (Å²) < 4.78 is 0. The highest BCUT2D eigenvalue weighted by Crippen LogP contribution is 2.31. The SMILES string of the molecule is O=C(c1cnccc1Cl)N(Cc1ccsc1)C1CC1. The molecular weight excluding hydrogens is 280 g/mol. The number of amides is 1. The van der Waals surface area contributed by atoms with Crippen molar-refractivity contribution in [2.24, 2.45) is 0 Å². The highest BCUT2D eigenvalue weighted by Gasteiger charge is 2.33. The second-order valence-electron chi connectivity index (χ2n) is 4.65. The van der Waals surface area contributed by atoms with E-state index in [-0.39, 0.29) is 5.91 Å². The first kappa shape index (κ1) is 12.6. The summed E-state index contributed by atoms with van der Waals surface area (Å²) in [6.45, 7) is 0.651. The molecule has 1 aliphatic rings. The quantitative estimate of drug-likeness (QED) is 0.862. The van der Waals surface area contributed by atoms with Crippen LogP contribution in [0.3, 0.4) is 0 Å². The average molecular weight is 293 g/mol. The van der Waals surface area contributed by atoms with Crippen LogP contribution in [0.2, 0.25) is 5.02 Å². The third-order valence-corrected chi connectivity index (χ3v) is 4.24. The van der Waals surface area contributed by atoms with Crippen molar-refractivity contribution in [3.05, 3.63) is 51.4 Å². The van der Waals surface area contributed by atoms with Gasteiger partial charge in [-0.2, -0.15) is 11.3 Å². The van der Waals surface area contributed by atoms with Gasteiger partial charge in [-0.3, -0.25) is 9.78 Å². The molecule has 0 saturated heterocycles. The second-order valence-corrected chi connectivity index (χ2v) is 5.84. The molecule has 0 radical (unpaired) electrons. The standard InChI is InChI=1S/C14H13ClN2OS/c15-13-3-5-16-7-12(13)14(18)17(11-1-2-11)8-10-4-6-19-9-10/h3-7,9,11H,1-2,8H2. The maximum absolute atomic E-state index is 12.6. The molecule has 3 nitrogen and oxygen atoms in total. The van der Waals surface area contributed by atoms with Gasteiger partial charge >= 0.3 is 0 Å². The van der Waals surface area contributed by atoms with E-state index in [0.717, 1.165) is 12.8 Å². The van der Waals surface area contributed by atoms with Crippen molar-refractivity contribution in [2.75, 3.05) is 0 Å². The molecule has 0 spiro atoms. The topological polar surface area (TPSA) is 33.2 Å². The zero-order valence-electron chi connectivity index (χ0n) is 10.3. The molecule has 2 aromatic heterocycles. The fourth-order valence-corrected chi connectivity index (χ4v) is 2.87. The van der Waals surface area contributed by atoms with E-state index in [9.17, 15) is 4.79 Å². The smallest absolute Gasteiger partial charge is 0.257 e. The number of nitrogens with zero attached hydrogens (tertiary/aromatic N) is 2. The van der Waals surface area contributed by atoms with E-state index in [0.29, 0.717) is 23.2 Å². The Kier molecular flexibility index (Phi) is 3.53. The number of pyridine rings is 1. The normalized spacial score (nSPS) is 14.4. The summed E-state index contributed by atoms with van der Waals surface area (Å²) in [6.07, 6.45) is 5.30. The minimum absolute atomic E-state index is 0.0215. The summed E-state index contributed by atoms with van der Waals surface area (Å²) in [4.78, 5) is 18.5. The van der Waals surface area contributed by atoms with Crippen molar-refractivity contribution >= 4 is 28.8 Å². The first-order valence-corrected chi connectivity index (χ1v) is 7.49. The van der Waals surface area contributed by atoms with Crippen LogP contribution < -0.4 is 0 Å². The number of rotatable bonds is 4. The molecule has 0 aliphatic heterocycles. The molecular formula is C14H13ClN2OS. The van der Waals surface area contributed by atoms with Crippen LogP contribution in [0.5, 0.6) is 0 Å². The van der Waals surface area contributed by atoms with Gasteiger partial charge in [0, 0.05) is 25.0 Å². The summed E-state index contributed by atoms with van der Waals surface area (Å²) in [5.41, 5.74) is 1.66. The lowest BCUT2D eigenvalue weighted by molar-refractivity contribution is 0.0730. The van der Waals surface area contributed by atoms with Gasteiger partial charge in [0.25, 0.3) is 5.91 Å². The number of carbonyl (C=O) groups is 1. The summed E-state index contributed by atoms with van der Waals surface area (Å²) in [5.74, 6) is -0.0215. The second kappa shape index (κ2) is 5.31. The number of aromatic nitrogens is 1. The van der Waals surface area contributed by atoms with Gasteiger partial charge in [-0.15, -0.1) is 0 Å². The molecule has 1 aliphatic carbocycles. The Morgan fingerprint density at radius 1 is 1.47 bits per heavy atom. The van der Waals surface area contributed by atoms with Crippen molar-refractivity contribution in [2.45, 2.75) is 25.4 Å². The number of hydrogen-bond acceptors (Lipinski definition) is 3. The molecule has 0 unspecified atom stereocenters. The van der Waals surface area contributed by atoms with Gasteiger partial charge in [0.1, 0.15) is 0 Å². The van der Waals surface area contributed by atoms with Gasteiger partial charge in [-0.25, -0.2) is 0 Å². The van der Waals surface area contributed by atoms with Crippen LogP contribution in [-0.4, -0.2) is 21.8 Å². The Bertz CT molecular complexity index is 581. The Morgan fingerprint density at radius 2 is 2.32 bits per heavy atom. The molecule has 1 saturated carbocycles. The monoisotopic (exact) mass is 292 g/mol. The van der Waals surface area contributed by atoms with Gasteiger partial charge in [0.2, 0.25) is 0 Å². The molecule has 19 heavy (non-hydrogen) atoms. The van der Waals surface area contributed by atoms with E-state index in [1.807, 2.05) is 10.3 Å². The summed E-state index contributed by atoms with van der Waals surface area (Å²) in [5, 5.41) is 4.58. The molecule has 3 rings (SSSR count). The summed E-state index contributed by atoms with van der Waals surface area (Å²) in [7, 11) is 0. The van der Waals surface area contributed by atoms with Crippen molar-refractivity contribution < 1.29 is 4.79 Å². The lowest BCUT2D eigenvalue weighted by Crippen LogP contribution is -2.32.